The first-order valence-electron chi connectivity index (χ1n) is 6.54. The molecular weight excluding hydrogens is 269 g/mol. The van der Waals surface area contributed by atoms with Crippen LogP contribution in [0.5, 0.6) is 0 Å². The lowest BCUT2D eigenvalue weighted by molar-refractivity contribution is -0.160. The lowest BCUT2D eigenvalue weighted by atomic mass is 10.00. The van der Waals surface area contributed by atoms with Crippen LogP contribution in [0.3, 0.4) is 0 Å². The zero-order chi connectivity index (χ0) is 14.8. The predicted octanol–water partition coefficient (Wildman–Crippen LogP) is 2.41. The second kappa shape index (κ2) is 5.83. The summed E-state index contributed by atoms with van der Waals surface area (Å²) in [7, 11) is 0. The van der Waals surface area contributed by atoms with Crippen molar-refractivity contribution in [3.05, 3.63) is 35.4 Å². The van der Waals surface area contributed by atoms with Crippen LogP contribution in [0.4, 0.5) is 13.2 Å². The normalized spacial score (nSPS) is 23.4. The van der Waals surface area contributed by atoms with Crippen molar-refractivity contribution in [3.63, 3.8) is 0 Å². The molecule has 0 radical (unpaired) electrons. The summed E-state index contributed by atoms with van der Waals surface area (Å²) in [6.45, 7) is 2.02. The van der Waals surface area contributed by atoms with Gasteiger partial charge in [0.15, 0.2) is 0 Å². The Balaban J connectivity index is 1.88. The number of hydrogen-bond acceptors (Lipinski definition) is 2. The molecule has 0 aromatic heterocycles. The van der Waals surface area contributed by atoms with Crippen molar-refractivity contribution in [1.82, 2.24) is 10.6 Å². The monoisotopic (exact) mass is 286 g/mol. The largest absolute Gasteiger partial charge is 0.403 e. The van der Waals surface area contributed by atoms with Gasteiger partial charge in [0.25, 0.3) is 5.91 Å². The Morgan fingerprint density at radius 3 is 2.65 bits per heavy atom. The summed E-state index contributed by atoms with van der Waals surface area (Å²) in [5, 5.41) is 5.20. The zero-order valence-corrected chi connectivity index (χ0v) is 11.1. The highest BCUT2D eigenvalue weighted by atomic mass is 19.4. The number of carbonyl (C=O) groups excluding carboxylic acids is 1. The lowest BCUT2D eigenvalue weighted by Gasteiger charge is -2.31. The van der Waals surface area contributed by atoms with Crippen molar-refractivity contribution in [2.45, 2.75) is 38.0 Å². The van der Waals surface area contributed by atoms with Gasteiger partial charge in [0.2, 0.25) is 0 Å². The third kappa shape index (κ3) is 3.72. The van der Waals surface area contributed by atoms with Crippen molar-refractivity contribution in [3.8, 4) is 0 Å². The molecule has 0 saturated carbocycles. The van der Waals surface area contributed by atoms with Gasteiger partial charge in [0, 0.05) is 18.2 Å². The lowest BCUT2D eigenvalue weighted by Crippen LogP contribution is -2.54. The molecule has 3 nitrogen and oxygen atoms in total. The van der Waals surface area contributed by atoms with Crippen molar-refractivity contribution in [2.75, 3.05) is 6.54 Å². The third-order valence-electron chi connectivity index (χ3n) is 3.43. The number of benzene rings is 1. The number of hydrogen-bond donors (Lipinski definition) is 2. The zero-order valence-electron chi connectivity index (χ0n) is 11.1. The topological polar surface area (TPSA) is 41.1 Å². The number of carbonyl (C=O) groups is 1. The van der Waals surface area contributed by atoms with E-state index in [4.69, 9.17) is 0 Å². The second-order valence-electron chi connectivity index (χ2n) is 5.12. The maximum absolute atomic E-state index is 12.5. The second-order valence-corrected chi connectivity index (χ2v) is 5.12. The van der Waals surface area contributed by atoms with Gasteiger partial charge >= 0.3 is 6.18 Å². The fourth-order valence-electron chi connectivity index (χ4n) is 2.31. The Hall–Kier alpha value is -1.56. The van der Waals surface area contributed by atoms with Crippen molar-refractivity contribution < 1.29 is 18.0 Å². The molecule has 110 valence electrons. The molecule has 1 aliphatic rings. The van der Waals surface area contributed by atoms with Crippen LogP contribution in [0.15, 0.2) is 24.3 Å². The highest BCUT2D eigenvalue weighted by molar-refractivity contribution is 5.94. The predicted molar refractivity (Wildman–Crippen MR) is 69.5 cm³/mol. The molecule has 2 unspecified atom stereocenters. The Kier molecular flexibility index (Phi) is 4.32. The SMILES string of the molecule is Cc1cccc(C(=O)NC2CCC(C(F)(F)F)NC2)c1. The number of amides is 1. The van der Waals surface area contributed by atoms with Crippen LogP contribution in [-0.4, -0.2) is 30.7 Å². The minimum Gasteiger partial charge on any atom is -0.348 e. The maximum Gasteiger partial charge on any atom is 0.403 e. The van der Waals surface area contributed by atoms with Crippen LogP contribution >= 0.6 is 0 Å². The van der Waals surface area contributed by atoms with E-state index in [1.54, 1.807) is 18.2 Å². The average molecular weight is 286 g/mol. The van der Waals surface area contributed by atoms with E-state index in [0.29, 0.717) is 12.0 Å². The van der Waals surface area contributed by atoms with E-state index in [1.807, 2.05) is 13.0 Å². The maximum atomic E-state index is 12.5. The van der Waals surface area contributed by atoms with Crippen molar-refractivity contribution >= 4 is 5.91 Å². The highest BCUT2D eigenvalue weighted by Crippen LogP contribution is 2.26. The van der Waals surface area contributed by atoms with Gasteiger partial charge in [0.1, 0.15) is 6.04 Å². The van der Waals surface area contributed by atoms with Gasteiger partial charge < -0.3 is 10.6 Å². The fourth-order valence-corrected chi connectivity index (χ4v) is 2.31. The van der Waals surface area contributed by atoms with Crippen LogP contribution in [0.25, 0.3) is 0 Å². The van der Waals surface area contributed by atoms with Crippen molar-refractivity contribution in [1.29, 1.82) is 0 Å². The third-order valence-corrected chi connectivity index (χ3v) is 3.43. The first-order chi connectivity index (χ1) is 9.36. The number of alkyl halides is 3. The van der Waals surface area contributed by atoms with Gasteiger partial charge in [-0.15, -0.1) is 0 Å². The molecule has 20 heavy (non-hydrogen) atoms. The minimum absolute atomic E-state index is 0.0116. The number of aryl methyl sites for hydroxylation is 1. The summed E-state index contributed by atoms with van der Waals surface area (Å²) in [6.07, 6.45) is -3.90. The number of halogens is 3. The molecule has 1 heterocycles. The molecular formula is C14H17F3N2O. The highest BCUT2D eigenvalue weighted by Gasteiger charge is 2.41. The summed E-state index contributed by atoms with van der Waals surface area (Å²) in [5.74, 6) is -0.244. The number of rotatable bonds is 2. The molecule has 2 N–H and O–H groups in total. The summed E-state index contributed by atoms with van der Waals surface area (Å²) in [5.41, 5.74) is 1.50. The molecule has 1 aromatic carbocycles. The molecule has 1 aromatic rings. The van der Waals surface area contributed by atoms with E-state index in [2.05, 4.69) is 10.6 Å². The molecule has 6 heteroatoms. The van der Waals surface area contributed by atoms with Gasteiger partial charge in [0.05, 0.1) is 0 Å². The molecule has 1 saturated heterocycles. The van der Waals surface area contributed by atoms with E-state index < -0.39 is 12.2 Å². The van der Waals surface area contributed by atoms with Crippen LogP contribution in [0, 0.1) is 6.92 Å². The minimum atomic E-state index is -4.22. The molecule has 1 fully saturated rings. The standard InChI is InChI=1S/C14H17F3N2O/c1-9-3-2-4-10(7-9)13(20)19-11-5-6-12(18-8-11)14(15,16)17/h2-4,7,11-12,18H,5-6,8H2,1H3,(H,19,20). The van der Waals surface area contributed by atoms with Gasteiger partial charge in [-0.2, -0.15) is 13.2 Å². The molecule has 0 bridgehead atoms. The summed E-state index contributed by atoms with van der Waals surface area (Å²) < 4.78 is 37.5. The molecule has 1 amide bonds. The Bertz CT molecular complexity index is 480. The van der Waals surface area contributed by atoms with Gasteiger partial charge in [-0.25, -0.2) is 0 Å². The Labute approximate surface area is 115 Å². The van der Waals surface area contributed by atoms with Crippen LogP contribution in [0.1, 0.15) is 28.8 Å². The summed E-state index contributed by atoms with van der Waals surface area (Å²) >= 11 is 0. The fraction of sp³-hybridized carbons (Fsp3) is 0.500. The molecule has 2 rings (SSSR count). The van der Waals surface area contributed by atoms with Gasteiger partial charge in [-0.3, -0.25) is 4.79 Å². The first-order valence-corrected chi connectivity index (χ1v) is 6.54. The van der Waals surface area contributed by atoms with Gasteiger partial charge in [-0.05, 0) is 31.9 Å². The molecule has 0 aliphatic carbocycles. The summed E-state index contributed by atoms with van der Waals surface area (Å²) in [6, 6.07) is 5.38. The molecule has 1 aliphatic heterocycles. The number of piperidine rings is 1. The molecule has 2 atom stereocenters. The average Bonchev–Trinajstić information content (AvgIpc) is 2.38. The van der Waals surface area contributed by atoms with Crippen LogP contribution in [-0.2, 0) is 0 Å². The van der Waals surface area contributed by atoms with Gasteiger partial charge in [-0.1, -0.05) is 17.7 Å². The van der Waals surface area contributed by atoms with E-state index in [1.165, 1.54) is 0 Å². The van der Waals surface area contributed by atoms with E-state index >= 15 is 0 Å². The van der Waals surface area contributed by atoms with Crippen molar-refractivity contribution in [2.24, 2.45) is 0 Å². The van der Waals surface area contributed by atoms with Crippen LogP contribution in [0.2, 0.25) is 0 Å². The summed E-state index contributed by atoms with van der Waals surface area (Å²) in [4.78, 5) is 12.0. The molecule has 0 spiro atoms. The van der Waals surface area contributed by atoms with Crippen LogP contribution < -0.4 is 10.6 Å². The Morgan fingerprint density at radius 2 is 2.10 bits per heavy atom. The quantitative estimate of drug-likeness (QED) is 0.876. The van der Waals surface area contributed by atoms with E-state index in [9.17, 15) is 18.0 Å². The van der Waals surface area contributed by atoms with E-state index in [-0.39, 0.29) is 24.9 Å². The van der Waals surface area contributed by atoms with E-state index in [0.717, 1.165) is 5.56 Å². The smallest absolute Gasteiger partial charge is 0.348 e. The number of nitrogens with one attached hydrogen (secondary N) is 2. The Morgan fingerprint density at radius 1 is 1.35 bits per heavy atom. The first kappa shape index (κ1) is 14.8.